The van der Waals surface area contributed by atoms with E-state index in [2.05, 4.69) is 197 Å². The third-order valence-corrected chi connectivity index (χ3v) is 14.3. The van der Waals surface area contributed by atoms with Crippen molar-refractivity contribution in [3.05, 3.63) is 242 Å². The van der Waals surface area contributed by atoms with Gasteiger partial charge in [-0.15, -0.1) is 0 Å². The number of rotatable bonds is 6. The highest BCUT2D eigenvalue weighted by Gasteiger charge is 2.30. The maximum absolute atomic E-state index is 14.1. The number of alkyl halides is 3. The lowest BCUT2D eigenvalue weighted by Crippen LogP contribution is -2.05. The maximum Gasteiger partial charge on any atom is 0.416 e. The van der Waals surface area contributed by atoms with Gasteiger partial charge in [0.2, 0.25) is 0 Å². The van der Waals surface area contributed by atoms with Gasteiger partial charge in [-0.2, -0.15) is 13.2 Å². The fourth-order valence-corrected chi connectivity index (χ4v) is 11.0. The minimum atomic E-state index is -4.49. The summed E-state index contributed by atoms with van der Waals surface area (Å²) in [6, 6.07) is 79.9. The molecule has 14 rings (SSSR count). The predicted molar refractivity (Wildman–Crippen MR) is 286 cm³/mol. The quantitative estimate of drug-likeness (QED) is 0.153. The second kappa shape index (κ2) is 15.7. The summed E-state index contributed by atoms with van der Waals surface area (Å²) < 4.78 is 49.0. The number of fused-ring (bicyclic) bond motifs is 12. The zero-order valence-electron chi connectivity index (χ0n) is 37.9. The molecule has 4 nitrogen and oxygen atoms in total. The number of aromatic nitrogens is 4. The Labute approximate surface area is 405 Å². The molecule has 0 radical (unpaired) electrons. The van der Waals surface area contributed by atoms with Crippen molar-refractivity contribution in [2.45, 2.75) is 6.18 Å². The number of hydrogen-bond donors (Lipinski definition) is 0. The van der Waals surface area contributed by atoms with Crippen LogP contribution in [0.5, 0.6) is 0 Å². The molecular weight excluding hydrogens is 882 g/mol. The first-order chi connectivity index (χ1) is 34.9. The molecule has 0 saturated heterocycles. The normalized spacial score (nSPS) is 12.2. The summed E-state index contributed by atoms with van der Waals surface area (Å²) in [6.07, 6.45) is -4.49. The van der Waals surface area contributed by atoms with Crippen LogP contribution < -0.4 is 0 Å². The summed E-state index contributed by atoms with van der Waals surface area (Å²) in [5.74, 6) is 0.619. The molecular formula is C64H39F3N4. The molecule has 3 heterocycles. The van der Waals surface area contributed by atoms with Gasteiger partial charge >= 0.3 is 6.18 Å². The largest absolute Gasteiger partial charge is 0.416 e. The molecule has 0 unspecified atom stereocenters. The molecule has 0 aliphatic heterocycles. The topological polar surface area (TPSA) is 27.7 Å². The van der Waals surface area contributed by atoms with Gasteiger partial charge in [0.1, 0.15) is 5.82 Å². The molecule has 0 N–H and O–H groups in total. The highest BCUT2D eigenvalue weighted by atomic mass is 19.4. The van der Waals surface area contributed by atoms with Gasteiger partial charge in [-0.1, -0.05) is 146 Å². The second-order valence-electron chi connectivity index (χ2n) is 18.2. The number of nitrogens with zero attached hydrogens (tertiary/aromatic N) is 4. The van der Waals surface area contributed by atoms with E-state index in [0.29, 0.717) is 11.5 Å². The van der Waals surface area contributed by atoms with Crippen molar-refractivity contribution in [3.8, 4) is 50.7 Å². The standard InChI is InChI=1S/C64H39F3N4/c65-64(66,67)45-29-35-48(36-30-45)71-62-56-20-4-2-14-50(56)49-13-1-3-19-55(49)61(62)68-63(71)44-38-42(40-25-31-46(32-26-40)69-57-21-9-5-15-51(57)52-16-6-10-22-58(52)69)37-43(39-44)41-27-33-47(34-28-41)70-59-23-11-7-17-53(59)54-18-8-12-24-60(54)70/h1-39H. The Hall–Kier alpha value is -9.20. The van der Waals surface area contributed by atoms with Crippen LogP contribution in [0.4, 0.5) is 13.2 Å². The van der Waals surface area contributed by atoms with E-state index in [1.54, 1.807) is 12.1 Å². The number of halogens is 3. The summed E-state index contributed by atoms with van der Waals surface area (Å²) >= 11 is 0. The smallest absolute Gasteiger partial charge is 0.309 e. The zero-order valence-corrected chi connectivity index (χ0v) is 37.9. The van der Waals surface area contributed by atoms with Gasteiger partial charge in [0.15, 0.2) is 0 Å². The second-order valence-corrected chi connectivity index (χ2v) is 18.2. The van der Waals surface area contributed by atoms with Gasteiger partial charge in [0.05, 0.1) is 38.7 Å². The Morgan fingerprint density at radius 2 is 0.634 bits per heavy atom. The summed E-state index contributed by atoms with van der Waals surface area (Å²) in [6.45, 7) is 0. The molecule has 0 aliphatic carbocycles. The van der Waals surface area contributed by atoms with E-state index in [0.717, 1.165) is 106 Å². The Morgan fingerprint density at radius 3 is 1.07 bits per heavy atom. The summed E-state index contributed by atoms with van der Waals surface area (Å²) in [4.78, 5) is 5.52. The lowest BCUT2D eigenvalue weighted by atomic mass is 9.95. The van der Waals surface area contributed by atoms with Crippen molar-refractivity contribution < 1.29 is 13.2 Å². The monoisotopic (exact) mass is 920 g/mol. The summed E-state index contributed by atoms with van der Waals surface area (Å²) in [5.41, 5.74) is 12.9. The summed E-state index contributed by atoms with van der Waals surface area (Å²) in [5, 5.41) is 8.81. The summed E-state index contributed by atoms with van der Waals surface area (Å²) in [7, 11) is 0. The third-order valence-electron chi connectivity index (χ3n) is 14.3. The van der Waals surface area contributed by atoms with Crippen LogP contribution in [-0.2, 0) is 6.18 Å². The Kier molecular flexibility index (Phi) is 9.01. The molecule has 7 heteroatoms. The van der Waals surface area contributed by atoms with E-state index < -0.39 is 11.7 Å². The van der Waals surface area contributed by atoms with Crippen molar-refractivity contribution >= 4 is 76.2 Å². The highest BCUT2D eigenvalue weighted by Crippen LogP contribution is 2.43. The first kappa shape index (κ1) is 40.8. The fraction of sp³-hybridized carbons (Fsp3) is 0.0156. The molecule has 0 aliphatic rings. The molecule has 3 aromatic heterocycles. The molecule has 0 fully saturated rings. The molecule has 0 spiro atoms. The van der Waals surface area contributed by atoms with E-state index >= 15 is 0 Å². The number of hydrogen-bond acceptors (Lipinski definition) is 1. The van der Waals surface area contributed by atoms with E-state index in [1.807, 2.05) is 28.8 Å². The Morgan fingerprint density at radius 1 is 0.296 bits per heavy atom. The molecule has 336 valence electrons. The van der Waals surface area contributed by atoms with Crippen molar-refractivity contribution in [1.29, 1.82) is 0 Å². The molecule has 0 saturated carbocycles. The van der Waals surface area contributed by atoms with Crippen molar-refractivity contribution in [1.82, 2.24) is 18.7 Å². The zero-order chi connectivity index (χ0) is 47.4. The number of benzene rings is 11. The molecule has 0 amide bonds. The minimum absolute atomic E-state index is 0.578. The van der Waals surface area contributed by atoms with E-state index in [4.69, 9.17) is 4.98 Å². The molecule has 0 atom stereocenters. The number of para-hydroxylation sites is 4. The van der Waals surface area contributed by atoms with Gasteiger partial charge < -0.3 is 9.13 Å². The third kappa shape index (κ3) is 6.43. The maximum atomic E-state index is 14.1. The molecule has 11 aromatic carbocycles. The SMILES string of the molecule is FC(F)(F)c1ccc(-n2c(-c3cc(-c4ccc(-n5c6ccccc6c6ccccc65)cc4)cc(-c4ccc(-n5c6ccccc6c6ccccc65)cc4)c3)nc3c4ccccc4c4ccccc4c32)cc1. The van der Waals surface area contributed by atoms with Gasteiger partial charge in [0, 0.05) is 54.9 Å². The molecule has 0 bridgehead atoms. The Bertz CT molecular complexity index is 4140. The van der Waals surface area contributed by atoms with Gasteiger partial charge in [0.25, 0.3) is 0 Å². The average molecular weight is 921 g/mol. The minimum Gasteiger partial charge on any atom is -0.309 e. The van der Waals surface area contributed by atoms with Gasteiger partial charge in [-0.05, 0) is 124 Å². The van der Waals surface area contributed by atoms with Crippen molar-refractivity contribution in [3.63, 3.8) is 0 Å². The van der Waals surface area contributed by atoms with Crippen LogP contribution in [0.15, 0.2) is 237 Å². The number of imidazole rings is 1. The van der Waals surface area contributed by atoms with Crippen molar-refractivity contribution in [2.24, 2.45) is 0 Å². The fourth-order valence-electron chi connectivity index (χ4n) is 11.0. The van der Waals surface area contributed by atoms with Crippen LogP contribution in [0, 0.1) is 0 Å². The lowest BCUT2D eigenvalue weighted by Gasteiger charge is -2.16. The van der Waals surface area contributed by atoms with E-state index in [9.17, 15) is 13.2 Å². The Balaban J connectivity index is 0.996. The van der Waals surface area contributed by atoms with Crippen LogP contribution in [0.25, 0.3) is 127 Å². The van der Waals surface area contributed by atoms with Crippen LogP contribution in [0.2, 0.25) is 0 Å². The van der Waals surface area contributed by atoms with E-state index in [1.165, 1.54) is 21.5 Å². The first-order valence-electron chi connectivity index (χ1n) is 23.7. The van der Waals surface area contributed by atoms with Crippen molar-refractivity contribution in [2.75, 3.05) is 0 Å². The average Bonchev–Trinajstić information content (AvgIpc) is 4.10. The predicted octanol–water partition coefficient (Wildman–Crippen LogP) is 17.5. The van der Waals surface area contributed by atoms with Gasteiger partial charge in [-0.3, -0.25) is 4.57 Å². The van der Waals surface area contributed by atoms with Crippen LogP contribution in [0.1, 0.15) is 5.56 Å². The van der Waals surface area contributed by atoms with Crippen LogP contribution in [-0.4, -0.2) is 18.7 Å². The van der Waals surface area contributed by atoms with Crippen LogP contribution >= 0.6 is 0 Å². The molecule has 71 heavy (non-hydrogen) atoms. The first-order valence-corrected chi connectivity index (χ1v) is 23.7. The van der Waals surface area contributed by atoms with E-state index in [-0.39, 0.29) is 0 Å². The van der Waals surface area contributed by atoms with Crippen LogP contribution in [0.3, 0.4) is 0 Å². The highest BCUT2D eigenvalue weighted by molar-refractivity contribution is 6.24. The lowest BCUT2D eigenvalue weighted by molar-refractivity contribution is -0.137. The van der Waals surface area contributed by atoms with Gasteiger partial charge in [-0.25, -0.2) is 4.98 Å². The molecule has 14 aromatic rings.